The molecular weight excluding hydrogens is 294 g/mol. The molecule has 0 aliphatic carbocycles. The van der Waals surface area contributed by atoms with Gasteiger partial charge in [0.05, 0.1) is 25.0 Å². The lowest BCUT2D eigenvalue weighted by Gasteiger charge is -2.10. The number of aromatic nitrogens is 2. The highest BCUT2D eigenvalue weighted by Gasteiger charge is 2.23. The number of carbonyl (C=O) groups is 1. The molecule has 1 aliphatic heterocycles. The lowest BCUT2D eigenvalue weighted by Crippen LogP contribution is -2.33. The van der Waals surface area contributed by atoms with Crippen LogP contribution >= 0.6 is 0 Å². The SMILES string of the molecule is COc1ccc(-c2cc(CNC(=O)C3CCCO3)ncn2)cc1. The zero-order chi connectivity index (χ0) is 16.1. The standard InChI is InChI=1S/C17H19N3O3/c1-22-14-6-4-12(5-7-14)15-9-13(19-11-20-15)10-18-17(21)16-3-2-8-23-16/h4-7,9,11,16H,2-3,8,10H2,1H3,(H,18,21). The zero-order valence-electron chi connectivity index (χ0n) is 13.0. The third-order valence-corrected chi connectivity index (χ3v) is 3.78. The van der Waals surface area contributed by atoms with Gasteiger partial charge < -0.3 is 14.8 Å². The van der Waals surface area contributed by atoms with Crippen molar-refractivity contribution in [2.45, 2.75) is 25.5 Å². The molecule has 0 bridgehead atoms. The van der Waals surface area contributed by atoms with E-state index < -0.39 is 0 Å². The first-order valence-corrected chi connectivity index (χ1v) is 7.61. The first-order valence-electron chi connectivity index (χ1n) is 7.61. The fourth-order valence-corrected chi connectivity index (χ4v) is 2.49. The van der Waals surface area contributed by atoms with Gasteiger partial charge in [0.1, 0.15) is 18.2 Å². The Kier molecular flexibility index (Phi) is 4.83. The highest BCUT2D eigenvalue weighted by molar-refractivity contribution is 5.80. The molecule has 2 heterocycles. The molecule has 3 rings (SSSR count). The van der Waals surface area contributed by atoms with Crippen LogP contribution in [0.1, 0.15) is 18.5 Å². The van der Waals surface area contributed by atoms with Crippen molar-refractivity contribution in [1.29, 1.82) is 0 Å². The zero-order valence-corrected chi connectivity index (χ0v) is 13.0. The highest BCUT2D eigenvalue weighted by atomic mass is 16.5. The third kappa shape index (κ3) is 3.84. The van der Waals surface area contributed by atoms with E-state index in [0.717, 1.165) is 35.5 Å². The Morgan fingerprint density at radius 2 is 2.17 bits per heavy atom. The number of nitrogens with one attached hydrogen (secondary N) is 1. The first kappa shape index (κ1) is 15.4. The second-order valence-corrected chi connectivity index (χ2v) is 5.34. The molecule has 2 aromatic rings. The Morgan fingerprint density at radius 3 is 2.87 bits per heavy atom. The van der Waals surface area contributed by atoms with Crippen LogP contribution in [0.5, 0.6) is 5.75 Å². The predicted molar refractivity (Wildman–Crippen MR) is 84.8 cm³/mol. The molecule has 120 valence electrons. The summed E-state index contributed by atoms with van der Waals surface area (Å²) in [5.41, 5.74) is 2.54. The summed E-state index contributed by atoms with van der Waals surface area (Å²) in [6.07, 6.45) is 2.91. The van der Waals surface area contributed by atoms with Crippen molar-refractivity contribution in [1.82, 2.24) is 15.3 Å². The van der Waals surface area contributed by atoms with E-state index in [9.17, 15) is 4.79 Å². The Morgan fingerprint density at radius 1 is 1.35 bits per heavy atom. The van der Waals surface area contributed by atoms with Crippen molar-refractivity contribution >= 4 is 5.91 Å². The maximum absolute atomic E-state index is 12.0. The molecular formula is C17H19N3O3. The van der Waals surface area contributed by atoms with Crippen molar-refractivity contribution in [3.63, 3.8) is 0 Å². The molecule has 0 saturated carbocycles. The monoisotopic (exact) mass is 313 g/mol. The topological polar surface area (TPSA) is 73.3 Å². The van der Waals surface area contributed by atoms with Crippen LogP contribution in [0.25, 0.3) is 11.3 Å². The summed E-state index contributed by atoms with van der Waals surface area (Å²) in [6.45, 7) is 1.03. The van der Waals surface area contributed by atoms with Gasteiger partial charge in [0.15, 0.2) is 0 Å². The minimum Gasteiger partial charge on any atom is -0.497 e. The fraction of sp³-hybridized carbons (Fsp3) is 0.353. The largest absolute Gasteiger partial charge is 0.497 e. The van der Waals surface area contributed by atoms with Gasteiger partial charge in [-0.2, -0.15) is 0 Å². The van der Waals surface area contributed by atoms with Gasteiger partial charge in [0.2, 0.25) is 5.91 Å². The van der Waals surface area contributed by atoms with Crippen molar-refractivity contribution in [3.05, 3.63) is 42.4 Å². The van der Waals surface area contributed by atoms with Crippen LogP contribution in [0.3, 0.4) is 0 Å². The van der Waals surface area contributed by atoms with Crippen molar-refractivity contribution in [2.75, 3.05) is 13.7 Å². The van der Waals surface area contributed by atoms with Gasteiger partial charge in [-0.3, -0.25) is 4.79 Å². The van der Waals surface area contributed by atoms with Crippen molar-refractivity contribution in [3.8, 4) is 17.0 Å². The Bertz CT molecular complexity index is 667. The smallest absolute Gasteiger partial charge is 0.249 e. The van der Waals surface area contributed by atoms with E-state index in [1.165, 1.54) is 6.33 Å². The summed E-state index contributed by atoms with van der Waals surface area (Å²) >= 11 is 0. The predicted octanol–water partition coefficient (Wildman–Crippen LogP) is 1.95. The van der Waals surface area contributed by atoms with Crippen molar-refractivity contribution < 1.29 is 14.3 Å². The minimum absolute atomic E-state index is 0.0768. The van der Waals surface area contributed by atoms with Gasteiger partial charge in [-0.1, -0.05) is 0 Å². The van der Waals surface area contributed by atoms with Gasteiger partial charge in [0, 0.05) is 12.2 Å². The number of rotatable bonds is 5. The van der Waals surface area contributed by atoms with E-state index in [2.05, 4.69) is 15.3 Å². The molecule has 1 saturated heterocycles. The number of carbonyl (C=O) groups excluding carboxylic acids is 1. The van der Waals surface area contributed by atoms with Crippen LogP contribution in [0.4, 0.5) is 0 Å². The van der Waals surface area contributed by atoms with Crippen LogP contribution < -0.4 is 10.1 Å². The molecule has 23 heavy (non-hydrogen) atoms. The van der Waals surface area contributed by atoms with Crippen LogP contribution in [0, 0.1) is 0 Å². The number of methoxy groups -OCH3 is 1. The summed E-state index contributed by atoms with van der Waals surface area (Å²) in [5, 5.41) is 2.86. The lowest BCUT2D eigenvalue weighted by atomic mass is 10.1. The summed E-state index contributed by atoms with van der Waals surface area (Å²) in [4.78, 5) is 20.4. The molecule has 1 fully saturated rings. The molecule has 1 N–H and O–H groups in total. The van der Waals surface area contributed by atoms with E-state index in [1.807, 2.05) is 30.3 Å². The molecule has 1 unspecified atom stereocenters. The summed E-state index contributed by atoms with van der Waals surface area (Å²) in [5.74, 6) is 0.721. The molecule has 1 atom stereocenters. The van der Waals surface area contributed by atoms with Crippen LogP contribution in [-0.4, -0.2) is 35.7 Å². The molecule has 0 radical (unpaired) electrons. The second-order valence-electron chi connectivity index (χ2n) is 5.34. The van der Waals surface area contributed by atoms with Gasteiger partial charge in [-0.25, -0.2) is 9.97 Å². The summed E-state index contributed by atoms with van der Waals surface area (Å²) < 4.78 is 10.5. The molecule has 1 aromatic carbocycles. The highest BCUT2D eigenvalue weighted by Crippen LogP contribution is 2.20. The van der Waals surface area contributed by atoms with E-state index in [0.29, 0.717) is 13.2 Å². The number of hydrogen-bond acceptors (Lipinski definition) is 5. The van der Waals surface area contributed by atoms with E-state index in [4.69, 9.17) is 9.47 Å². The van der Waals surface area contributed by atoms with Gasteiger partial charge in [0.25, 0.3) is 0 Å². The quantitative estimate of drug-likeness (QED) is 0.913. The molecule has 6 nitrogen and oxygen atoms in total. The number of ether oxygens (including phenoxy) is 2. The maximum atomic E-state index is 12.0. The van der Waals surface area contributed by atoms with Crippen LogP contribution in [0.15, 0.2) is 36.7 Å². The van der Waals surface area contributed by atoms with E-state index in [1.54, 1.807) is 7.11 Å². The third-order valence-electron chi connectivity index (χ3n) is 3.78. The number of hydrogen-bond donors (Lipinski definition) is 1. The van der Waals surface area contributed by atoms with Crippen LogP contribution in [0.2, 0.25) is 0 Å². The summed E-state index contributed by atoms with van der Waals surface area (Å²) in [7, 11) is 1.63. The van der Waals surface area contributed by atoms with Crippen LogP contribution in [-0.2, 0) is 16.1 Å². The summed E-state index contributed by atoms with van der Waals surface area (Å²) in [6, 6.07) is 9.52. The van der Waals surface area contributed by atoms with E-state index >= 15 is 0 Å². The Hall–Kier alpha value is -2.47. The molecule has 6 heteroatoms. The normalized spacial score (nSPS) is 17.0. The Balaban J connectivity index is 1.65. The van der Waals surface area contributed by atoms with Gasteiger partial charge in [-0.05, 0) is 43.2 Å². The molecule has 1 aliphatic rings. The minimum atomic E-state index is -0.321. The van der Waals surface area contributed by atoms with Gasteiger partial charge in [-0.15, -0.1) is 0 Å². The average Bonchev–Trinajstić information content (AvgIpc) is 3.15. The average molecular weight is 313 g/mol. The first-order chi connectivity index (χ1) is 11.3. The maximum Gasteiger partial charge on any atom is 0.249 e. The number of benzene rings is 1. The van der Waals surface area contributed by atoms with E-state index in [-0.39, 0.29) is 12.0 Å². The van der Waals surface area contributed by atoms with Crippen molar-refractivity contribution in [2.24, 2.45) is 0 Å². The number of amides is 1. The molecule has 1 amide bonds. The molecule has 1 aromatic heterocycles. The number of nitrogens with zero attached hydrogens (tertiary/aromatic N) is 2. The Labute approximate surface area is 134 Å². The second kappa shape index (κ2) is 7.19. The lowest BCUT2D eigenvalue weighted by molar-refractivity contribution is -0.130. The molecule has 0 spiro atoms. The fourth-order valence-electron chi connectivity index (χ4n) is 2.49. The van der Waals surface area contributed by atoms with Gasteiger partial charge >= 0.3 is 0 Å².